The summed E-state index contributed by atoms with van der Waals surface area (Å²) in [5.74, 6) is -0.256. The minimum atomic E-state index is -4.06. The fourth-order valence-electron chi connectivity index (χ4n) is 6.26. The second kappa shape index (κ2) is 18.7. The monoisotopic (exact) mass is 670 g/mol. The molecule has 1 saturated heterocycles. The van der Waals surface area contributed by atoms with Crippen molar-refractivity contribution >= 4 is 31.1 Å². The van der Waals surface area contributed by atoms with Crippen LogP contribution in [0.1, 0.15) is 121 Å². The number of carbonyl (C=O) groups is 2. The average molecular weight is 670 g/mol. The minimum absolute atomic E-state index is 0.118. The Morgan fingerprint density at radius 3 is 1.59 bits per heavy atom. The number of carbonyl (C=O) groups excluding carboxylic acids is 2. The zero-order chi connectivity index (χ0) is 29.2. The normalized spacial score (nSPS) is 16.7. The van der Waals surface area contributed by atoms with Crippen LogP contribution in [0.25, 0.3) is 0 Å². The van der Waals surface area contributed by atoms with Gasteiger partial charge in [-0.3, -0.25) is 0 Å². The molecule has 0 amide bonds. The topological polar surface area (TPSA) is 52.6 Å². The van der Waals surface area contributed by atoms with Crippen LogP contribution in [-0.4, -0.2) is 31.1 Å². The first-order chi connectivity index (χ1) is 20.0. The predicted molar refractivity (Wildman–Crippen MR) is 171 cm³/mol. The van der Waals surface area contributed by atoms with Crippen molar-refractivity contribution in [3.05, 3.63) is 71.8 Å². The molecule has 1 heterocycles. The van der Waals surface area contributed by atoms with Crippen LogP contribution in [-0.2, 0) is 28.6 Å². The third-order valence-corrected chi connectivity index (χ3v) is 18.3. The average Bonchev–Trinajstić information content (AvgIpc) is 3.01. The van der Waals surface area contributed by atoms with Gasteiger partial charge >= 0.3 is 256 Å². The van der Waals surface area contributed by atoms with Gasteiger partial charge in [0.25, 0.3) is 0 Å². The third-order valence-electron chi connectivity index (χ3n) is 8.64. The van der Waals surface area contributed by atoms with Gasteiger partial charge in [0.2, 0.25) is 0 Å². The molecule has 3 rings (SSSR count). The number of rotatable bonds is 18. The first-order valence-electron chi connectivity index (χ1n) is 16.5. The molecule has 1 aliphatic heterocycles. The molecule has 0 N–H and O–H groups in total. The van der Waals surface area contributed by atoms with Crippen molar-refractivity contribution in [1.82, 2.24) is 0 Å². The summed E-state index contributed by atoms with van der Waals surface area (Å²) in [5.41, 5.74) is 1.57. The van der Waals surface area contributed by atoms with Crippen molar-refractivity contribution in [1.29, 1.82) is 0 Å². The zero-order valence-electron chi connectivity index (χ0n) is 25.8. The van der Waals surface area contributed by atoms with Gasteiger partial charge in [-0.05, 0) is 0 Å². The fourth-order valence-corrected chi connectivity index (χ4v) is 15.8. The molecule has 0 spiro atoms. The first-order valence-corrected chi connectivity index (χ1v) is 22.9. The van der Waals surface area contributed by atoms with Gasteiger partial charge in [-0.2, -0.15) is 0 Å². The Morgan fingerprint density at radius 2 is 1.10 bits per heavy atom. The van der Waals surface area contributed by atoms with Gasteiger partial charge in [0, 0.05) is 0 Å². The van der Waals surface area contributed by atoms with Crippen LogP contribution in [0.2, 0.25) is 8.87 Å². The molecule has 0 saturated carbocycles. The molecule has 0 unspecified atom stereocenters. The molecule has 0 bridgehead atoms. The van der Waals surface area contributed by atoms with E-state index in [4.69, 9.17) is 6.15 Å². The second-order valence-corrected chi connectivity index (χ2v) is 21.5. The van der Waals surface area contributed by atoms with Crippen molar-refractivity contribution in [3.8, 4) is 0 Å². The van der Waals surface area contributed by atoms with E-state index < -0.39 is 24.6 Å². The van der Waals surface area contributed by atoms with Crippen LogP contribution < -0.4 is 0 Å². The summed E-state index contributed by atoms with van der Waals surface area (Å²) in [6.07, 6.45) is 16.9. The van der Waals surface area contributed by atoms with Crippen molar-refractivity contribution in [2.45, 2.75) is 132 Å². The van der Waals surface area contributed by atoms with E-state index in [1.807, 2.05) is 36.4 Å². The number of unbranched alkanes of at least 4 members (excludes halogenated alkanes) is 10. The van der Waals surface area contributed by atoms with E-state index in [0.717, 1.165) is 45.7 Å². The molecular formula is C36H54O4Sn. The molecule has 1 aliphatic rings. The predicted octanol–water partition coefficient (Wildman–Crippen LogP) is 9.89. The molecule has 0 aliphatic carbocycles. The molecule has 0 radical (unpaired) electrons. The van der Waals surface area contributed by atoms with E-state index in [0.29, 0.717) is 32.1 Å². The zero-order valence-corrected chi connectivity index (χ0v) is 28.7. The molecule has 226 valence electrons. The summed E-state index contributed by atoms with van der Waals surface area (Å²) >= 11 is -4.06. The second-order valence-electron chi connectivity index (χ2n) is 12.3. The van der Waals surface area contributed by atoms with Gasteiger partial charge < -0.3 is 0 Å². The van der Waals surface area contributed by atoms with E-state index >= 15 is 0 Å². The maximum atomic E-state index is 14.6. The third kappa shape index (κ3) is 11.8. The Labute approximate surface area is 255 Å². The summed E-state index contributed by atoms with van der Waals surface area (Å²) in [5, 5.41) is 0. The van der Waals surface area contributed by atoms with Crippen molar-refractivity contribution in [2.75, 3.05) is 0 Å². The molecule has 2 aromatic rings. The van der Waals surface area contributed by atoms with Crippen molar-refractivity contribution in [3.63, 3.8) is 0 Å². The number of hydrogen-bond acceptors (Lipinski definition) is 4. The van der Waals surface area contributed by atoms with Gasteiger partial charge in [-0.25, -0.2) is 0 Å². The van der Waals surface area contributed by atoms with E-state index in [1.54, 1.807) is 0 Å². The first kappa shape index (κ1) is 33.7. The number of hydrogen-bond donors (Lipinski definition) is 0. The van der Waals surface area contributed by atoms with Crippen LogP contribution in [0.4, 0.5) is 0 Å². The molecule has 41 heavy (non-hydrogen) atoms. The Balaban J connectivity index is 1.89. The van der Waals surface area contributed by atoms with Gasteiger partial charge in [0.15, 0.2) is 0 Å². The number of benzene rings is 2. The summed E-state index contributed by atoms with van der Waals surface area (Å²) in [4.78, 5) is 27.8. The van der Waals surface area contributed by atoms with Gasteiger partial charge in [-0.15, -0.1) is 0 Å². The summed E-state index contributed by atoms with van der Waals surface area (Å²) < 4.78 is 14.8. The van der Waals surface area contributed by atoms with E-state index in [9.17, 15) is 9.59 Å². The van der Waals surface area contributed by atoms with Gasteiger partial charge in [0.1, 0.15) is 0 Å². The molecule has 0 atom stereocenters. The van der Waals surface area contributed by atoms with Crippen LogP contribution >= 0.6 is 0 Å². The van der Waals surface area contributed by atoms with E-state index in [2.05, 4.69) is 38.1 Å². The van der Waals surface area contributed by atoms with Crippen LogP contribution in [0.5, 0.6) is 0 Å². The van der Waals surface area contributed by atoms with E-state index in [1.165, 1.54) is 51.4 Å². The Morgan fingerprint density at radius 1 is 0.634 bits per heavy atom. The molecule has 2 aromatic carbocycles. The Kier molecular flexibility index (Phi) is 15.3. The van der Waals surface area contributed by atoms with Gasteiger partial charge in [-0.1, -0.05) is 0 Å². The quantitative estimate of drug-likeness (QED) is 0.117. The van der Waals surface area contributed by atoms with Crippen LogP contribution in [0, 0.1) is 5.41 Å². The maximum absolute atomic E-state index is 14.6. The van der Waals surface area contributed by atoms with Crippen molar-refractivity contribution < 1.29 is 15.7 Å². The summed E-state index contributed by atoms with van der Waals surface area (Å²) in [7, 11) is 0. The summed E-state index contributed by atoms with van der Waals surface area (Å²) in [6, 6.07) is 20.6. The van der Waals surface area contributed by atoms with Crippen LogP contribution in [0.3, 0.4) is 0 Å². The molecule has 5 heteroatoms. The van der Waals surface area contributed by atoms with Crippen molar-refractivity contribution in [2.24, 2.45) is 5.41 Å². The SMILES string of the molecule is CCCCCCC[CH2][Sn]1([CH2]CCCCCCC)[O]C(=O)CCCC(Cc2ccccc2)(Cc2ccccc2)C(=O)[O]1. The standard InChI is InChI=1S/C20H22O4.2C8H17.Sn/c21-18(22)12-7-13-20(19(23)24,14-16-8-3-1-4-9-16)15-17-10-5-2-6-11-17;2*1-3-5-7-8-6-4-2;/h1-6,8-11H,7,12-15H2,(H,21,22)(H,23,24);2*1,3-8H2,2H3;/q;;;+2/p-2. The van der Waals surface area contributed by atoms with E-state index in [-0.39, 0.29) is 11.9 Å². The van der Waals surface area contributed by atoms with Gasteiger partial charge in [0.05, 0.1) is 0 Å². The summed E-state index contributed by atoms with van der Waals surface area (Å²) in [6.45, 7) is 4.47. The molecule has 1 fully saturated rings. The Hall–Kier alpha value is -1.82. The molecule has 4 nitrogen and oxygen atoms in total. The Bertz CT molecular complexity index is 949. The van der Waals surface area contributed by atoms with Crippen LogP contribution in [0.15, 0.2) is 60.7 Å². The fraction of sp³-hybridized carbons (Fsp3) is 0.611. The molecular weight excluding hydrogens is 615 g/mol. The molecule has 0 aromatic heterocycles.